The van der Waals surface area contributed by atoms with Gasteiger partial charge in [0.25, 0.3) is 0 Å². The van der Waals surface area contributed by atoms with Crippen molar-refractivity contribution in [3.05, 3.63) is 0 Å². The summed E-state index contributed by atoms with van der Waals surface area (Å²) in [6, 6.07) is 0. The number of aliphatic hydroxyl groups is 2. The van der Waals surface area contributed by atoms with E-state index in [-0.39, 0.29) is 0 Å². The van der Waals surface area contributed by atoms with Gasteiger partial charge in [-0.15, -0.1) is 0 Å². The molecule has 0 saturated carbocycles. The minimum atomic E-state index is -1.70. The van der Waals surface area contributed by atoms with Crippen molar-refractivity contribution in [1.29, 1.82) is 0 Å². The Hall–Kier alpha value is -0.120. The first kappa shape index (κ1) is 8.88. The average Bonchev–Trinajstić information content (AvgIpc) is 1.65. The highest BCUT2D eigenvalue weighted by Gasteiger charge is 2.26. The topological polar surface area (TPSA) is 49.7 Å². The molecule has 0 aromatic heterocycles. The summed E-state index contributed by atoms with van der Waals surface area (Å²) < 4.78 is 4.76. The maximum Gasteiger partial charge on any atom is 0.186 e. The van der Waals surface area contributed by atoms with Crippen LogP contribution in [0, 0.1) is 0 Å². The van der Waals surface area contributed by atoms with Gasteiger partial charge in [-0.25, -0.2) is 0 Å². The average molecular weight is 134 g/mol. The van der Waals surface area contributed by atoms with Crippen molar-refractivity contribution in [3.63, 3.8) is 0 Å². The molecule has 56 valence electrons. The standard InChI is InChI=1S/C6H14O3/c1-4-5(9-3)6(2,7)8/h5,7-8H,4H2,1-3H3/t5-/m1/s1. The van der Waals surface area contributed by atoms with Crippen LogP contribution < -0.4 is 0 Å². The third-order valence-electron chi connectivity index (χ3n) is 1.27. The molecule has 3 nitrogen and oxygen atoms in total. The van der Waals surface area contributed by atoms with E-state index in [0.29, 0.717) is 6.42 Å². The number of ether oxygens (including phenoxy) is 1. The van der Waals surface area contributed by atoms with E-state index >= 15 is 0 Å². The van der Waals surface area contributed by atoms with E-state index in [1.54, 1.807) is 0 Å². The lowest BCUT2D eigenvalue weighted by Gasteiger charge is -2.24. The van der Waals surface area contributed by atoms with E-state index in [1.165, 1.54) is 14.0 Å². The van der Waals surface area contributed by atoms with E-state index in [1.807, 2.05) is 6.92 Å². The highest BCUT2D eigenvalue weighted by Crippen LogP contribution is 2.11. The predicted molar refractivity (Wildman–Crippen MR) is 33.9 cm³/mol. The van der Waals surface area contributed by atoms with Gasteiger partial charge in [0.1, 0.15) is 6.10 Å². The first-order valence-electron chi connectivity index (χ1n) is 3.00. The SMILES string of the molecule is CC[C@@H](OC)C(C)(O)O. The van der Waals surface area contributed by atoms with E-state index in [2.05, 4.69) is 0 Å². The molecule has 0 aromatic carbocycles. The maximum absolute atomic E-state index is 8.91. The summed E-state index contributed by atoms with van der Waals surface area (Å²) in [5, 5.41) is 17.8. The fourth-order valence-corrected chi connectivity index (χ4v) is 0.777. The normalized spacial score (nSPS) is 15.7. The van der Waals surface area contributed by atoms with Gasteiger partial charge in [-0.05, 0) is 13.3 Å². The van der Waals surface area contributed by atoms with Gasteiger partial charge in [0.15, 0.2) is 5.79 Å². The first-order valence-corrected chi connectivity index (χ1v) is 3.00. The van der Waals surface area contributed by atoms with Gasteiger partial charge in [0.05, 0.1) is 0 Å². The Kier molecular flexibility index (Phi) is 3.11. The number of methoxy groups -OCH3 is 1. The van der Waals surface area contributed by atoms with Crippen molar-refractivity contribution in [2.45, 2.75) is 32.2 Å². The zero-order valence-corrected chi connectivity index (χ0v) is 6.09. The van der Waals surface area contributed by atoms with Crippen LogP contribution in [0.25, 0.3) is 0 Å². The van der Waals surface area contributed by atoms with E-state index in [4.69, 9.17) is 14.9 Å². The summed E-state index contributed by atoms with van der Waals surface area (Å²) in [6.45, 7) is 3.14. The monoisotopic (exact) mass is 134 g/mol. The summed E-state index contributed by atoms with van der Waals surface area (Å²) in [7, 11) is 1.46. The quantitative estimate of drug-likeness (QED) is 0.539. The minimum Gasteiger partial charge on any atom is -0.376 e. The van der Waals surface area contributed by atoms with Crippen molar-refractivity contribution in [2.75, 3.05) is 7.11 Å². The van der Waals surface area contributed by atoms with Gasteiger partial charge in [-0.2, -0.15) is 0 Å². The van der Waals surface area contributed by atoms with Gasteiger partial charge in [-0.1, -0.05) is 6.92 Å². The molecule has 0 bridgehead atoms. The Morgan fingerprint density at radius 3 is 2.00 bits per heavy atom. The molecule has 0 aliphatic carbocycles. The Morgan fingerprint density at radius 2 is 2.00 bits per heavy atom. The lowest BCUT2D eigenvalue weighted by atomic mass is 10.1. The smallest absolute Gasteiger partial charge is 0.186 e. The number of hydrogen-bond donors (Lipinski definition) is 2. The van der Waals surface area contributed by atoms with Crippen molar-refractivity contribution >= 4 is 0 Å². The molecule has 0 unspecified atom stereocenters. The van der Waals surface area contributed by atoms with Crippen LogP contribution in [-0.2, 0) is 4.74 Å². The molecular weight excluding hydrogens is 120 g/mol. The largest absolute Gasteiger partial charge is 0.376 e. The maximum atomic E-state index is 8.91. The van der Waals surface area contributed by atoms with Crippen molar-refractivity contribution < 1.29 is 14.9 Å². The fourth-order valence-electron chi connectivity index (χ4n) is 0.777. The molecule has 0 fully saturated rings. The van der Waals surface area contributed by atoms with Crippen LogP contribution in [0.1, 0.15) is 20.3 Å². The Balaban J connectivity index is 3.79. The molecule has 0 aromatic rings. The number of rotatable bonds is 3. The molecule has 0 aliphatic rings. The van der Waals surface area contributed by atoms with Crippen molar-refractivity contribution in [3.8, 4) is 0 Å². The molecular formula is C6H14O3. The van der Waals surface area contributed by atoms with E-state index < -0.39 is 11.9 Å². The van der Waals surface area contributed by atoms with Crippen LogP contribution in [-0.4, -0.2) is 29.2 Å². The fraction of sp³-hybridized carbons (Fsp3) is 1.00. The Morgan fingerprint density at radius 1 is 1.56 bits per heavy atom. The summed E-state index contributed by atoms with van der Waals surface area (Å²) in [5.74, 6) is -1.70. The molecule has 0 amide bonds. The van der Waals surface area contributed by atoms with Crippen LogP contribution in [0.4, 0.5) is 0 Å². The lowest BCUT2D eigenvalue weighted by Crippen LogP contribution is -2.39. The van der Waals surface area contributed by atoms with Crippen molar-refractivity contribution in [2.24, 2.45) is 0 Å². The highest BCUT2D eigenvalue weighted by atomic mass is 16.6. The molecule has 3 heteroatoms. The molecule has 0 spiro atoms. The zero-order valence-electron chi connectivity index (χ0n) is 6.09. The summed E-state index contributed by atoms with van der Waals surface area (Å²) in [4.78, 5) is 0. The van der Waals surface area contributed by atoms with Gasteiger partial charge in [0, 0.05) is 7.11 Å². The highest BCUT2D eigenvalue weighted by molar-refractivity contribution is 4.68. The molecule has 9 heavy (non-hydrogen) atoms. The summed E-state index contributed by atoms with van der Waals surface area (Å²) >= 11 is 0. The van der Waals surface area contributed by atoms with Crippen LogP contribution in [0.15, 0.2) is 0 Å². The molecule has 2 N–H and O–H groups in total. The van der Waals surface area contributed by atoms with Crippen LogP contribution in [0.2, 0.25) is 0 Å². The van der Waals surface area contributed by atoms with Gasteiger partial charge in [-0.3, -0.25) is 0 Å². The molecule has 0 saturated heterocycles. The summed E-state index contributed by atoms with van der Waals surface area (Å²) in [5.41, 5.74) is 0. The third kappa shape index (κ3) is 2.79. The molecule has 0 radical (unpaired) electrons. The Bertz CT molecular complexity index is 70.9. The lowest BCUT2D eigenvalue weighted by molar-refractivity contribution is -0.219. The van der Waals surface area contributed by atoms with Crippen LogP contribution in [0.3, 0.4) is 0 Å². The van der Waals surface area contributed by atoms with E-state index in [0.717, 1.165) is 0 Å². The molecule has 0 aliphatic heterocycles. The van der Waals surface area contributed by atoms with Crippen LogP contribution >= 0.6 is 0 Å². The van der Waals surface area contributed by atoms with E-state index in [9.17, 15) is 0 Å². The summed E-state index contributed by atoms with van der Waals surface area (Å²) in [6.07, 6.45) is 0.109. The molecule has 0 rings (SSSR count). The Labute approximate surface area is 55.3 Å². The zero-order chi connectivity index (χ0) is 7.49. The van der Waals surface area contributed by atoms with Gasteiger partial charge >= 0.3 is 0 Å². The van der Waals surface area contributed by atoms with Gasteiger partial charge < -0.3 is 14.9 Å². The van der Waals surface area contributed by atoms with Crippen LogP contribution in [0.5, 0.6) is 0 Å². The minimum absolute atomic E-state index is 0.488. The second-order valence-corrected chi connectivity index (χ2v) is 2.23. The van der Waals surface area contributed by atoms with Gasteiger partial charge in [0.2, 0.25) is 0 Å². The molecule has 0 heterocycles. The van der Waals surface area contributed by atoms with Crippen molar-refractivity contribution in [1.82, 2.24) is 0 Å². The number of hydrogen-bond acceptors (Lipinski definition) is 3. The first-order chi connectivity index (χ1) is 4.02. The molecule has 1 atom stereocenters. The predicted octanol–water partition coefficient (Wildman–Crippen LogP) is 0.112. The second-order valence-electron chi connectivity index (χ2n) is 2.23. The second kappa shape index (κ2) is 3.15. The third-order valence-corrected chi connectivity index (χ3v) is 1.27.